The van der Waals surface area contributed by atoms with E-state index in [0.717, 1.165) is 12.1 Å². The predicted molar refractivity (Wildman–Crippen MR) is 129 cm³/mol. The molecule has 8 nitrogen and oxygen atoms in total. The van der Waals surface area contributed by atoms with E-state index in [1.807, 2.05) is 68.4 Å². The van der Waals surface area contributed by atoms with Gasteiger partial charge in [0.25, 0.3) is 0 Å². The van der Waals surface area contributed by atoms with Gasteiger partial charge in [-0.1, -0.05) is 54.2 Å². The van der Waals surface area contributed by atoms with Crippen LogP contribution in [0.2, 0.25) is 0 Å². The molecular weight excluding hydrogens is 436 g/mol. The van der Waals surface area contributed by atoms with Crippen LogP contribution >= 0.6 is 11.8 Å². The van der Waals surface area contributed by atoms with Crippen LogP contribution < -0.4 is 15.5 Å². The molecule has 33 heavy (non-hydrogen) atoms. The van der Waals surface area contributed by atoms with Crippen molar-refractivity contribution in [1.82, 2.24) is 25.1 Å². The molecule has 0 saturated carbocycles. The molecule has 3 N–H and O–H groups in total. The van der Waals surface area contributed by atoms with E-state index >= 15 is 0 Å². The van der Waals surface area contributed by atoms with Gasteiger partial charge in [-0.3, -0.25) is 19.9 Å². The summed E-state index contributed by atoms with van der Waals surface area (Å²) >= 11 is 1.27. The summed E-state index contributed by atoms with van der Waals surface area (Å²) in [6.07, 6.45) is 0.770. The van der Waals surface area contributed by atoms with E-state index in [9.17, 15) is 4.79 Å². The number of benzene rings is 2. The monoisotopic (exact) mass is 462 g/mol. The zero-order valence-corrected chi connectivity index (χ0v) is 19.4. The fourth-order valence-electron chi connectivity index (χ4n) is 3.54. The molecule has 0 radical (unpaired) electrons. The maximum Gasteiger partial charge on any atom is 0.230 e. The van der Waals surface area contributed by atoms with Crippen molar-refractivity contribution in [1.29, 1.82) is 5.41 Å². The number of hydrogen-bond donors (Lipinski definition) is 3. The summed E-state index contributed by atoms with van der Waals surface area (Å²) in [5.41, 5.74) is 3.34. The van der Waals surface area contributed by atoms with Crippen molar-refractivity contribution in [2.45, 2.75) is 25.4 Å². The van der Waals surface area contributed by atoms with Crippen molar-refractivity contribution in [3.63, 3.8) is 0 Å². The number of H-pyrrole nitrogens is 1. The molecule has 0 fully saturated rings. The molecule has 0 spiro atoms. The second-order valence-electron chi connectivity index (χ2n) is 7.40. The molecule has 0 saturated heterocycles. The van der Waals surface area contributed by atoms with Crippen LogP contribution in [0.15, 0.2) is 59.8 Å². The third kappa shape index (κ3) is 5.09. The number of fused-ring (bicyclic) bond motifs is 1. The highest BCUT2D eigenvalue weighted by atomic mass is 32.2. The number of para-hydroxylation sites is 2. The van der Waals surface area contributed by atoms with Gasteiger partial charge in [-0.15, -0.1) is 0 Å². The molecule has 4 rings (SSSR count). The molecule has 0 aliphatic heterocycles. The smallest absolute Gasteiger partial charge is 0.230 e. The first-order valence-corrected chi connectivity index (χ1v) is 11.7. The first-order chi connectivity index (χ1) is 16.1. The summed E-state index contributed by atoms with van der Waals surface area (Å²) in [6, 6.07) is 17.6. The Morgan fingerprint density at radius 1 is 1.18 bits per heavy atom. The maximum absolute atomic E-state index is 12.5. The van der Waals surface area contributed by atoms with Crippen LogP contribution in [0.5, 0.6) is 5.75 Å². The van der Waals surface area contributed by atoms with Crippen LogP contribution in [0.25, 0.3) is 16.7 Å². The molecule has 0 atom stereocenters. The minimum atomic E-state index is -0.0905. The molecule has 0 aliphatic carbocycles. The van der Waals surface area contributed by atoms with Crippen molar-refractivity contribution in [3.8, 4) is 11.4 Å². The summed E-state index contributed by atoms with van der Waals surface area (Å²) in [4.78, 5) is 17.2. The lowest BCUT2D eigenvalue weighted by atomic mass is 10.1. The van der Waals surface area contributed by atoms with Gasteiger partial charge in [-0.25, -0.2) is 4.98 Å². The Labute approximate surface area is 195 Å². The number of carbonyl (C=O) groups is 1. The van der Waals surface area contributed by atoms with Gasteiger partial charge in [-0.05, 0) is 38.0 Å². The number of thioether (sulfide) groups is 1. The minimum absolute atomic E-state index is 0.0905. The second kappa shape index (κ2) is 10.4. The Hall–Kier alpha value is -3.59. The Balaban J connectivity index is 1.59. The van der Waals surface area contributed by atoms with E-state index in [1.54, 1.807) is 4.57 Å². The summed E-state index contributed by atoms with van der Waals surface area (Å²) in [6.45, 7) is 4.84. The topological polar surface area (TPSA) is 109 Å². The molecule has 2 aromatic carbocycles. The quantitative estimate of drug-likeness (QED) is 0.261. The fourth-order valence-corrected chi connectivity index (χ4v) is 4.37. The molecular formula is C24H26N6O2S. The van der Waals surface area contributed by atoms with Crippen molar-refractivity contribution in [2.24, 2.45) is 0 Å². The number of rotatable bonds is 9. The zero-order valence-electron chi connectivity index (χ0n) is 18.6. The summed E-state index contributed by atoms with van der Waals surface area (Å²) in [5, 5.41) is 20.1. The average molecular weight is 463 g/mol. The number of ether oxygens (including phenoxy) is 1. The lowest BCUT2D eigenvalue weighted by Crippen LogP contribution is -2.28. The van der Waals surface area contributed by atoms with E-state index in [0.29, 0.717) is 40.8 Å². The van der Waals surface area contributed by atoms with E-state index in [2.05, 4.69) is 20.5 Å². The predicted octanol–water partition coefficient (Wildman–Crippen LogP) is 3.39. The number of nitrogens with zero attached hydrogens (tertiary/aromatic N) is 3. The Morgan fingerprint density at radius 2 is 1.94 bits per heavy atom. The Bertz CT molecular complexity index is 1320. The average Bonchev–Trinajstić information content (AvgIpc) is 3.20. The van der Waals surface area contributed by atoms with Gasteiger partial charge in [0.1, 0.15) is 11.2 Å². The van der Waals surface area contributed by atoms with Crippen LogP contribution in [0, 0.1) is 12.3 Å². The van der Waals surface area contributed by atoms with Crippen molar-refractivity contribution in [2.75, 3.05) is 18.9 Å². The van der Waals surface area contributed by atoms with Crippen LogP contribution in [0.3, 0.4) is 0 Å². The largest absolute Gasteiger partial charge is 0.492 e. The molecule has 4 aromatic rings. The van der Waals surface area contributed by atoms with Crippen LogP contribution in [0.4, 0.5) is 0 Å². The number of hydrogen-bond acceptors (Lipinski definition) is 6. The number of amides is 1. The number of aryl methyl sites for hydroxylation is 1. The van der Waals surface area contributed by atoms with Gasteiger partial charge in [0.05, 0.1) is 23.4 Å². The lowest BCUT2D eigenvalue weighted by Gasteiger charge is -2.16. The molecule has 2 heterocycles. The highest BCUT2D eigenvalue weighted by Gasteiger charge is 2.18. The normalized spacial score (nSPS) is 11.0. The summed E-state index contributed by atoms with van der Waals surface area (Å²) in [7, 11) is 0. The first kappa shape index (κ1) is 22.6. The second-order valence-corrected chi connectivity index (χ2v) is 8.34. The van der Waals surface area contributed by atoms with E-state index in [-0.39, 0.29) is 17.1 Å². The third-order valence-corrected chi connectivity index (χ3v) is 6.04. The highest BCUT2D eigenvalue weighted by molar-refractivity contribution is 7.99. The summed E-state index contributed by atoms with van der Waals surface area (Å²) in [5.74, 6) is 0.731. The number of aromatic amines is 1. The van der Waals surface area contributed by atoms with Gasteiger partial charge in [0.15, 0.2) is 10.8 Å². The zero-order chi connectivity index (χ0) is 23.2. The van der Waals surface area contributed by atoms with Gasteiger partial charge >= 0.3 is 0 Å². The lowest BCUT2D eigenvalue weighted by molar-refractivity contribution is -0.118. The molecule has 0 bridgehead atoms. The summed E-state index contributed by atoms with van der Waals surface area (Å²) < 4.78 is 7.52. The third-order valence-electron chi connectivity index (χ3n) is 5.10. The Kier molecular flexibility index (Phi) is 7.09. The van der Waals surface area contributed by atoms with E-state index in [1.165, 1.54) is 17.3 Å². The molecule has 1 amide bonds. The molecule has 9 heteroatoms. The standard InChI is InChI=1S/C24H26N6O2S/c1-3-32-19-12-8-7-11-18(19)30-22(25)21-16(2)28-29-23(21)27-24(30)33-15-20(31)26-14-13-17-9-5-4-6-10-17/h4-12,25H,3,13-15H2,1-2H3,(H,26,31)(H,28,29). The number of aromatic nitrogens is 4. The minimum Gasteiger partial charge on any atom is -0.492 e. The van der Waals surface area contributed by atoms with Crippen LogP contribution in [-0.4, -0.2) is 44.6 Å². The highest BCUT2D eigenvalue weighted by Crippen LogP contribution is 2.27. The number of nitrogens with one attached hydrogen (secondary N) is 3. The maximum atomic E-state index is 12.5. The van der Waals surface area contributed by atoms with Crippen LogP contribution in [0.1, 0.15) is 18.2 Å². The molecule has 2 aromatic heterocycles. The Morgan fingerprint density at radius 3 is 2.73 bits per heavy atom. The van der Waals surface area contributed by atoms with Crippen molar-refractivity contribution < 1.29 is 9.53 Å². The number of carbonyl (C=O) groups excluding carboxylic acids is 1. The van der Waals surface area contributed by atoms with Crippen molar-refractivity contribution in [3.05, 3.63) is 71.3 Å². The van der Waals surface area contributed by atoms with Gasteiger partial charge in [-0.2, -0.15) is 5.10 Å². The first-order valence-electron chi connectivity index (χ1n) is 10.8. The van der Waals surface area contributed by atoms with Gasteiger partial charge < -0.3 is 10.1 Å². The molecule has 170 valence electrons. The van der Waals surface area contributed by atoms with Gasteiger partial charge in [0.2, 0.25) is 5.91 Å². The fraction of sp³-hybridized carbons (Fsp3) is 0.250. The van der Waals surface area contributed by atoms with E-state index < -0.39 is 0 Å². The molecule has 0 unspecified atom stereocenters. The van der Waals surface area contributed by atoms with Crippen LogP contribution in [-0.2, 0) is 11.2 Å². The van der Waals surface area contributed by atoms with Gasteiger partial charge in [0, 0.05) is 12.2 Å². The SMILES string of the molecule is CCOc1ccccc1-n1c(SCC(=O)NCCc2ccccc2)nc2n[nH]c(C)c2c1=N. The molecule has 0 aliphatic rings. The van der Waals surface area contributed by atoms with E-state index in [4.69, 9.17) is 10.1 Å². The van der Waals surface area contributed by atoms with Crippen molar-refractivity contribution >= 4 is 28.7 Å².